The van der Waals surface area contributed by atoms with Gasteiger partial charge in [0.2, 0.25) is 0 Å². The van der Waals surface area contributed by atoms with Crippen LogP contribution < -0.4 is 5.32 Å². The molecule has 2 aromatic heterocycles. The first-order valence-electron chi connectivity index (χ1n) is 6.07. The first-order valence-corrected chi connectivity index (χ1v) is 7.01. The maximum absolute atomic E-state index is 4.32. The Balaban J connectivity index is 1.80. The number of thiazole rings is 1. The summed E-state index contributed by atoms with van der Waals surface area (Å²) in [4.78, 5) is 4.32. The number of nitrogens with zero attached hydrogens (tertiary/aromatic N) is 2. The van der Waals surface area contributed by atoms with Gasteiger partial charge in [0.05, 0.1) is 22.9 Å². The third-order valence-electron chi connectivity index (χ3n) is 2.95. The van der Waals surface area contributed by atoms with E-state index in [1.165, 1.54) is 0 Å². The molecule has 0 radical (unpaired) electrons. The monoisotopic (exact) mass is 270 g/mol. The molecule has 4 nitrogen and oxygen atoms in total. The van der Waals surface area contributed by atoms with Crippen LogP contribution in [0.4, 0.5) is 5.69 Å². The van der Waals surface area contributed by atoms with Gasteiger partial charge in [0.25, 0.3) is 0 Å². The Labute approximate surface area is 115 Å². The Hall–Kier alpha value is -2.14. The maximum atomic E-state index is 4.32. The molecule has 0 aliphatic carbocycles. The molecule has 2 heterocycles. The van der Waals surface area contributed by atoms with Gasteiger partial charge in [0.1, 0.15) is 0 Å². The summed E-state index contributed by atoms with van der Waals surface area (Å²) in [6.45, 7) is 2.11. The second kappa shape index (κ2) is 5.24. The molecular weight excluding hydrogens is 256 g/mol. The van der Waals surface area contributed by atoms with Gasteiger partial charge in [-0.25, -0.2) is 4.98 Å². The van der Waals surface area contributed by atoms with Crippen LogP contribution in [0.5, 0.6) is 0 Å². The summed E-state index contributed by atoms with van der Waals surface area (Å²) in [5.74, 6) is 0. The lowest BCUT2D eigenvalue weighted by Crippen LogP contribution is -2.06. The Morgan fingerprint density at radius 2 is 2.26 bits per heavy atom. The van der Waals surface area contributed by atoms with Crippen molar-refractivity contribution in [2.75, 3.05) is 5.32 Å². The minimum atomic E-state index is 0.197. The Bertz CT molecular complexity index is 631. The van der Waals surface area contributed by atoms with Crippen molar-refractivity contribution >= 4 is 17.0 Å². The van der Waals surface area contributed by atoms with Gasteiger partial charge in [0.15, 0.2) is 0 Å². The predicted molar refractivity (Wildman–Crippen MR) is 78.2 cm³/mol. The van der Waals surface area contributed by atoms with E-state index in [0.29, 0.717) is 0 Å². The van der Waals surface area contributed by atoms with Crippen LogP contribution in [-0.2, 0) is 0 Å². The number of nitrogens with one attached hydrogen (secondary N) is 2. The van der Waals surface area contributed by atoms with Crippen LogP contribution in [0, 0.1) is 0 Å². The highest BCUT2D eigenvalue weighted by Gasteiger charge is 2.07. The van der Waals surface area contributed by atoms with Gasteiger partial charge in [-0.15, -0.1) is 11.3 Å². The van der Waals surface area contributed by atoms with Crippen LogP contribution in [-0.4, -0.2) is 15.2 Å². The fourth-order valence-electron chi connectivity index (χ4n) is 1.95. The third-order valence-corrected chi connectivity index (χ3v) is 3.56. The maximum Gasteiger partial charge on any atom is 0.0795 e. The van der Waals surface area contributed by atoms with Crippen molar-refractivity contribution in [1.29, 1.82) is 0 Å². The highest BCUT2D eigenvalue weighted by molar-refractivity contribution is 7.07. The summed E-state index contributed by atoms with van der Waals surface area (Å²) in [5.41, 5.74) is 6.14. The van der Waals surface area contributed by atoms with E-state index < -0.39 is 0 Å². The van der Waals surface area contributed by atoms with Crippen molar-refractivity contribution < 1.29 is 0 Å². The second-order valence-corrected chi connectivity index (χ2v) is 5.05. The fraction of sp³-hybridized carbons (Fsp3) is 0.143. The predicted octanol–water partition coefficient (Wildman–Crippen LogP) is 3.71. The summed E-state index contributed by atoms with van der Waals surface area (Å²) in [6, 6.07) is 10.4. The molecule has 0 bridgehead atoms. The topological polar surface area (TPSA) is 53.6 Å². The molecule has 1 aromatic carbocycles. The van der Waals surface area contributed by atoms with Gasteiger partial charge >= 0.3 is 0 Å². The molecule has 0 fully saturated rings. The Morgan fingerprint density at radius 3 is 3.00 bits per heavy atom. The second-order valence-electron chi connectivity index (χ2n) is 4.33. The van der Waals surface area contributed by atoms with Crippen LogP contribution in [0.2, 0.25) is 0 Å². The molecule has 2 N–H and O–H groups in total. The largest absolute Gasteiger partial charge is 0.377 e. The van der Waals surface area contributed by atoms with Crippen LogP contribution in [0.15, 0.2) is 47.4 Å². The zero-order chi connectivity index (χ0) is 13.1. The van der Waals surface area contributed by atoms with E-state index in [4.69, 9.17) is 0 Å². The van der Waals surface area contributed by atoms with E-state index >= 15 is 0 Å². The van der Waals surface area contributed by atoms with Crippen molar-refractivity contribution in [1.82, 2.24) is 15.2 Å². The van der Waals surface area contributed by atoms with Gasteiger partial charge < -0.3 is 5.32 Å². The van der Waals surface area contributed by atoms with Crippen LogP contribution in [0.3, 0.4) is 0 Å². The molecule has 0 amide bonds. The van der Waals surface area contributed by atoms with Crippen molar-refractivity contribution in [2.45, 2.75) is 13.0 Å². The lowest BCUT2D eigenvalue weighted by Gasteiger charge is -2.13. The standard InChI is InChI=1S/C14H14N4S/c1-10(14-8-19-9-15-14)17-12-4-2-3-11(7-12)13-5-6-16-18-13/h2-10,17H,1H3,(H,16,18). The average molecular weight is 270 g/mol. The van der Waals surface area contributed by atoms with E-state index in [2.05, 4.69) is 51.0 Å². The quantitative estimate of drug-likeness (QED) is 0.760. The number of rotatable bonds is 4. The number of aromatic nitrogens is 3. The minimum Gasteiger partial charge on any atom is -0.377 e. The van der Waals surface area contributed by atoms with E-state index in [9.17, 15) is 0 Å². The van der Waals surface area contributed by atoms with Crippen LogP contribution >= 0.6 is 11.3 Å². The van der Waals surface area contributed by atoms with Gasteiger partial charge in [-0.3, -0.25) is 5.10 Å². The van der Waals surface area contributed by atoms with E-state index in [0.717, 1.165) is 22.6 Å². The number of benzene rings is 1. The van der Waals surface area contributed by atoms with Crippen molar-refractivity contribution in [3.63, 3.8) is 0 Å². The molecule has 0 saturated carbocycles. The van der Waals surface area contributed by atoms with Gasteiger partial charge in [0, 0.05) is 22.8 Å². The Morgan fingerprint density at radius 1 is 1.32 bits per heavy atom. The number of hydrogen-bond acceptors (Lipinski definition) is 4. The van der Waals surface area contributed by atoms with Gasteiger partial charge in [-0.1, -0.05) is 12.1 Å². The summed E-state index contributed by atoms with van der Waals surface area (Å²) < 4.78 is 0. The molecule has 1 atom stereocenters. The van der Waals surface area contributed by atoms with E-state index in [1.54, 1.807) is 17.5 Å². The summed E-state index contributed by atoms with van der Waals surface area (Å²) >= 11 is 1.62. The van der Waals surface area contributed by atoms with E-state index in [-0.39, 0.29) is 6.04 Å². The van der Waals surface area contributed by atoms with Gasteiger partial charge in [-0.05, 0) is 25.1 Å². The lowest BCUT2D eigenvalue weighted by atomic mass is 10.1. The molecule has 0 aliphatic rings. The Kier molecular flexibility index (Phi) is 3.29. The molecule has 0 aliphatic heterocycles. The lowest BCUT2D eigenvalue weighted by molar-refractivity contribution is 0.850. The summed E-state index contributed by atoms with van der Waals surface area (Å²) in [6.07, 6.45) is 1.76. The number of anilines is 1. The molecule has 3 aromatic rings. The molecule has 19 heavy (non-hydrogen) atoms. The molecule has 0 saturated heterocycles. The highest BCUT2D eigenvalue weighted by Crippen LogP contribution is 2.23. The number of hydrogen-bond donors (Lipinski definition) is 2. The zero-order valence-corrected chi connectivity index (χ0v) is 11.3. The average Bonchev–Trinajstić information content (AvgIpc) is 3.13. The SMILES string of the molecule is CC(Nc1cccc(-c2ccn[nH]2)c1)c1cscn1. The molecule has 5 heteroatoms. The van der Waals surface area contributed by atoms with Crippen LogP contribution in [0.1, 0.15) is 18.7 Å². The molecule has 1 unspecified atom stereocenters. The normalized spacial score (nSPS) is 12.3. The van der Waals surface area contributed by atoms with Crippen molar-refractivity contribution in [2.24, 2.45) is 0 Å². The number of H-pyrrole nitrogens is 1. The smallest absolute Gasteiger partial charge is 0.0795 e. The van der Waals surface area contributed by atoms with E-state index in [1.807, 2.05) is 17.6 Å². The molecule has 0 spiro atoms. The van der Waals surface area contributed by atoms with Crippen LogP contribution in [0.25, 0.3) is 11.3 Å². The van der Waals surface area contributed by atoms with Crippen molar-refractivity contribution in [3.05, 3.63) is 53.1 Å². The zero-order valence-electron chi connectivity index (χ0n) is 10.5. The minimum absolute atomic E-state index is 0.197. The van der Waals surface area contributed by atoms with Crippen molar-refractivity contribution in [3.8, 4) is 11.3 Å². The molecular formula is C14H14N4S. The highest BCUT2D eigenvalue weighted by atomic mass is 32.1. The summed E-state index contributed by atoms with van der Waals surface area (Å²) in [7, 11) is 0. The fourth-order valence-corrected chi connectivity index (χ4v) is 2.60. The summed E-state index contributed by atoms with van der Waals surface area (Å²) in [5, 5.41) is 12.5. The van der Waals surface area contributed by atoms with Gasteiger partial charge in [-0.2, -0.15) is 5.10 Å². The number of aromatic amines is 1. The molecule has 3 rings (SSSR count). The first kappa shape index (κ1) is 11.9. The third kappa shape index (κ3) is 2.66. The first-order chi connectivity index (χ1) is 9.33. The molecule has 96 valence electrons.